The second kappa shape index (κ2) is 4.99. The minimum Gasteiger partial charge on any atom is -0.399 e. The zero-order valence-electron chi connectivity index (χ0n) is 13.0. The first-order valence-electron chi connectivity index (χ1n) is 7.54. The van der Waals surface area contributed by atoms with Crippen LogP contribution in [-0.2, 0) is 9.31 Å². The molecule has 1 unspecified atom stereocenters. The third-order valence-corrected chi connectivity index (χ3v) is 5.26. The molecule has 1 saturated heterocycles. The van der Waals surface area contributed by atoms with Gasteiger partial charge < -0.3 is 14.4 Å². The standard InChI is InChI=1S/C16H22BClO3/c1-15(2)16(3,4)21-17(20-15)11-7-8-12(13(18)9-11)14(19)10-5-6-10/h7-10,14,19H,5-6H2,1-4H3. The van der Waals surface area contributed by atoms with Crippen LogP contribution in [0, 0.1) is 5.92 Å². The normalized spacial score (nSPS) is 25.1. The van der Waals surface area contributed by atoms with Crippen molar-refractivity contribution in [2.24, 2.45) is 5.92 Å². The number of aliphatic hydroxyl groups excluding tert-OH is 1. The largest absolute Gasteiger partial charge is 0.494 e. The van der Waals surface area contributed by atoms with E-state index in [0.717, 1.165) is 23.9 Å². The summed E-state index contributed by atoms with van der Waals surface area (Å²) in [6.07, 6.45) is 1.71. The SMILES string of the molecule is CC1(C)OB(c2ccc(C(O)C3CC3)c(Cl)c2)OC1(C)C. The van der Waals surface area contributed by atoms with Gasteiger partial charge in [0.15, 0.2) is 0 Å². The summed E-state index contributed by atoms with van der Waals surface area (Å²) in [4.78, 5) is 0. The van der Waals surface area contributed by atoms with E-state index >= 15 is 0 Å². The van der Waals surface area contributed by atoms with Crippen molar-refractivity contribution in [1.82, 2.24) is 0 Å². The zero-order chi connectivity index (χ0) is 15.4. The van der Waals surface area contributed by atoms with Crippen molar-refractivity contribution in [1.29, 1.82) is 0 Å². The average molecular weight is 309 g/mol. The van der Waals surface area contributed by atoms with E-state index in [4.69, 9.17) is 20.9 Å². The lowest BCUT2D eigenvalue weighted by atomic mass is 9.78. The molecule has 1 saturated carbocycles. The molecule has 0 spiro atoms. The third kappa shape index (κ3) is 2.75. The second-order valence-electron chi connectivity index (χ2n) is 7.15. The van der Waals surface area contributed by atoms with Gasteiger partial charge in [-0.3, -0.25) is 0 Å². The highest BCUT2D eigenvalue weighted by molar-refractivity contribution is 6.62. The topological polar surface area (TPSA) is 38.7 Å². The van der Waals surface area contributed by atoms with E-state index in [1.165, 1.54) is 0 Å². The van der Waals surface area contributed by atoms with E-state index < -0.39 is 13.2 Å². The van der Waals surface area contributed by atoms with E-state index in [1.54, 1.807) is 0 Å². The molecule has 3 rings (SSSR count). The molecule has 0 aromatic heterocycles. The van der Waals surface area contributed by atoms with Crippen LogP contribution in [-0.4, -0.2) is 23.4 Å². The van der Waals surface area contributed by atoms with Gasteiger partial charge in [0.2, 0.25) is 0 Å². The minimum atomic E-state index is -0.454. The second-order valence-corrected chi connectivity index (χ2v) is 7.56. The summed E-state index contributed by atoms with van der Waals surface area (Å²) in [7, 11) is -0.417. The summed E-state index contributed by atoms with van der Waals surface area (Å²) in [5, 5.41) is 10.8. The number of hydrogen-bond acceptors (Lipinski definition) is 3. The highest BCUT2D eigenvalue weighted by Crippen LogP contribution is 2.43. The van der Waals surface area contributed by atoms with Gasteiger partial charge in [-0.25, -0.2) is 0 Å². The predicted molar refractivity (Wildman–Crippen MR) is 84.9 cm³/mol. The van der Waals surface area contributed by atoms with Crippen LogP contribution in [0.15, 0.2) is 18.2 Å². The molecule has 2 aliphatic rings. The molecule has 1 aromatic rings. The molecule has 1 aliphatic heterocycles. The van der Waals surface area contributed by atoms with E-state index in [9.17, 15) is 5.11 Å². The van der Waals surface area contributed by atoms with Gasteiger partial charge in [0, 0.05) is 5.02 Å². The lowest BCUT2D eigenvalue weighted by Gasteiger charge is -2.32. The lowest BCUT2D eigenvalue weighted by molar-refractivity contribution is 0.00578. The molecule has 1 heterocycles. The summed E-state index contributed by atoms with van der Waals surface area (Å²) in [5.41, 5.74) is 0.969. The zero-order valence-corrected chi connectivity index (χ0v) is 13.8. The molecule has 5 heteroatoms. The Hall–Kier alpha value is -0.545. The molecule has 1 N–H and O–H groups in total. The molecule has 0 radical (unpaired) electrons. The van der Waals surface area contributed by atoms with Crippen LogP contribution in [0.4, 0.5) is 0 Å². The van der Waals surface area contributed by atoms with Crippen LogP contribution in [0.1, 0.15) is 52.2 Å². The van der Waals surface area contributed by atoms with Gasteiger partial charge in [-0.2, -0.15) is 0 Å². The quantitative estimate of drug-likeness (QED) is 0.872. The number of aliphatic hydroxyl groups is 1. The molecule has 1 aromatic carbocycles. The van der Waals surface area contributed by atoms with Crippen LogP contribution < -0.4 is 5.46 Å². The van der Waals surface area contributed by atoms with Gasteiger partial charge in [0.25, 0.3) is 0 Å². The summed E-state index contributed by atoms with van der Waals surface area (Å²) >= 11 is 6.35. The van der Waals surface area contributed by atoms with Crippen molar-refractivity contribution in [3.8, 4) is 0 Å². The summed E-state index contributed by atoms with van der Waals surface area (Å²) in [6, 6.07) is 5.69. The van der Waals surface area contributed by atoms with Crippen LogP contribution >= 0.6 is 11.6 Å². The fourth-order valence-electron chi connectivity index (χ4n) is 2.57. The minimum absolute atomic E-state index is 0.365. The van der Waals surface area contributed by atoms with E-state index in [-0.39, 0.29) is 11.2 Å². The number of hydrogen-bond donors (Lipinski definition) is 1. The van der Waals surface area contributed by atoms with Crippen LogP contribution in [0.2, 0.25) is 5.02 Å². The average Bonchev–Trinajstić information content (AvgIpc) is 3.17. The van der Waals surface area contributed by atoms with Gasteiger partial charge in [-0.05, 0) is 63.5 Å². The van der Waals surface area contributed by atoms with Crippen molar-refractivity contribution in [3.05, 3.63) is 28.8 Å². The molecule has 3 nitrogen and oxygen atoms in total. The molecule has 2 fully saturated rings. The van der Waals surface area contributed by atoms with Crippen LogP contribution in [0.5, 0.6) is 0 Å². The fourth-order valence-corrected chi connectivity index (χ4v) is 2.88. The third-order valence-electron chi connectivity index (χ3n) is 4.94. The van der Waals surface area contributed by atoms with Crippen LogP contribution in [0.3, 0.4) is 0 Å². The Kier molecular flexibility index (Phi) is 3.65. The first kappa shape index (κ1) is 15.4. The molecule has 1 atom stereocenters. The number of rotatable bonds is 3. The first-order chi connectivity index (χ1) is 9.71. The van der Waals surface area contributed by atoms with E-state index in [2.05, 4.69) is 0 Å². The van der Waals surface area contributed by atoms with Gasteiger partial charge in [-0.15, -0.1) is 0 Å². The van der Waals surface area contributed by atoms with Crippen molar-refractivity contribution in [2.75, 3.05) is 0 Å². The molecule has 0 bridgehead atoms. The highest BCUT2D eigenvalue weighted by atomic mass is 35.5. The lowest BCUT2D eigenvalue weighted by Crippen LogP contribution is -2.41. The van der Waals surface area contributed by atoms with E-state index in [1.807, 2.05) is 45.9 Å². The number of benzene rings is 1. The maximum absolute atomic E-state index is 10.2. The Morgan fingerprint density at radius 3 is 2.24 bits per heavy atom. The maximum atomic E-state index is 10.2. The Morgan fingerprint density at radius 2 is 1.76 bits per heavy atom. The van der Waals surface area contributed by atoms with Crippen molar-refractivity contribution in [2.45, 2.75) is 57.8 Å². The van der Waals surface area contributed by atoms with Gasteiger partial charge >= 0.3 is 7.12 Å². The highest BCUT2D eigenvalue weighted by Gasteiger charge is 2.51. The summed E-state index contributed by atoms with van der Waals surface area (Å²) in [6.45, 7) is 8.11. The summed E-state index contributed by atoms with van der Waals surface area (Å²) in [5.74, 6) is 0.366. The van der Waals surface area contributed by atoms with Gasteiger partial charge in [0.05, 0.1) is 17.3 Å². The Bertz CT molecular complexity index is 538. The van der Waals surface area contributed by atoms with Crippen molar-refractivity contribution >= 4 is 24.2 Å². The predicted octanol–water partition coefficient (Wildman–Crippen LogP) is 3.08. The van der Waals surface area contributed by atoms with Crippen LogP contribution in [0.25, 0.3) is 0 Å². The monoisotopic (exact) mass is 308 g/mol. The van der Waals surface area contributed by atoms with Gasteiger partial charge in [-0.1, -0.05) is 23.7 Å². The number of halogens is 1. The molecule has 21 heavy (non-hydrogen) atoms. The Labute approximate surface area is 131 Å². The Balaban J connectivity index is 1.83. The fraction of sp³-hybridized carbons (Fsp3) is 0.625. The van der Waals surface area contributed by atoms with Crippen molar-refractivity contribution in [3.63, 3.8) is 0 Å². The van der Waals surface area contributed by atoms with Crippen molar-refractivity contribution < 1.29 is 14.4 Å². The maximum Gasteiger partial charge on any atom is 0.494 e. The molecular weight excluding hydrogens is 286 g/mol. The molecule has 114 valence electrons. The molecule has 1 aliphatic carbocycles. The summed E-state index contributed by atoms with van der Waals surface area (Å²) < 4.78 is 12.0. The first-order valence-corrected chi connectivity index (χ1v) is 7.92. The smallest absolute Gasteiger partial charge is 0.399 e. The Morgan fingerprint density at radius 1 is 1.19 bits per heavy atom. The van der Waals surface area contributed by atoms with E-state index in [0.29, 0.717) is 10.9 Å². The molecular formula is C16H22BClO3. The van der Waals surface area contributed by atoms with Gasteiger partial charge in [0.1, 0.15) is 0 Å². The molecule has 0 amide bonds.